The van der Waals surface area contributed by atoms with Crippen LogP contribution in [-0.2, 0) is 0 Å². The molecule has 0 unspecified atom stereocenters. The third kappa shape index (κ3) is 3.04. The van der Waals surface area contributed by atoms with Crippen LogP contribution in [0, 0.1) is 21.4 Å². The van der Waals surface area contributed by atoms with E-state index in [-0.39, 0.29) is 24.2 Å². The van der Waals surface area contributed by atoms with Gasteiger partial charge >= 0.3 is 0 Å². The number of hydrogen-bond donors (Lipinski definition) is 0. The number of carbonyl (C=O) groups is 1. The van der Waals surface area contributed by atoms with Crippen molar-refractivity contribution in [1.82, 2.24) is 4.90 Å². The van der Waals surface area contributed by atoms with Gasteiger partial charge < -0.3 is 4.90 Å². The Labute approximate surface area is 105 Å². The molecule has 18 heavy (non-hydrogen) atoms. The van der Waals surface area contributed by atoms with Crippen molar-refractivity contribution < 1.29 is 9.72 Å². The summed E-state index contributed by atoms with van der Waals surface area (Å²) in [6.45, 7) is 3.61. The third-order valence-corrected chi connectivity index (χ3v) is 2.45. The third-order valence-electron chi connectivity index (χ3n) is 2.45. The van der Waals surface area contributed by atoms with E-state index < -0.39 is 4.92 Å². The summed E-state index contributed by atoms with van der Waals surface area (Å²) in [4.78, 5) is 23.4. The van der Waals surface area contributed by atoms with Crippen LogP contribution in [-0.4, -0.2) is 28.3 Å². The summed E-state index contributed by atoms with van der Waals surface area (Å²) in [7, 11) is 0. The summed E-state index contributed by atoms with van der Waals surface area (Å²) in [5, 5.41) is 19.2. The molecule has 1 aromatic rings. The SMILES string of the molecule is CC(C)N(CC#N)C(=O)c1ccc([N+](=O)[O-])cc1. The van der Waals surface area contributed by atoms with Gasteiger partial charge in [-0.25, -0.2) is 0 Å². The van der Waals surface area contributed by atoms with Crippen molar-refractivity contribution in [2.75, 3.05) is 6.54 Å². The molecule has 0 aliphatic rings. The fourth-order valence-electron chi connectivity index (χ4n) is 1.46. The first-order valence-electron chi connectivity index (χ1n) is 5.39. The zero-order valence-electron chi connectivity index (χ0n) is 10.2. The lowest BCUT2D eigenvalue weighted by molar-refractivity contribution is -0.384. The number of nitriles is 1. The molecule has 0 spiro atoms. The standard InChI is InChI=1S/C12H13N3O3/c1-9(2)14(8-7-13)12(16)10-3-5-11(6-4-10)15(17)18/h3-6,9H,8H2,1-2H3. The zero-order valence-corrected chi connectivity index (χ0v) is 10.2. The molecule has 0 saturated heterocycles. The Balaban J connectivity index is 2.96. The monoisotopic (exact) mass is 247 g/mol. The summed E-state index contributed by atoms with van der Waals surface area (Å²) in [5.41, 5.74) is 0.271. The molecule has 6 nitrogen and oxygen atoms in total. The van der Waals surface area contributed by atoms with Gasteiger partial charge in [0.25, 0.3) is 11.6 Å². The topological polar surface area (TPSA) is 87.2 Å². The van der Waals surface area contributed by atoms with Gasteiger partial charge in [-0.2, -0.15) is 5.26 Å². The molecule has 0 saturated carbocycles. The van der Waals surface area contributed by atoms with Gasteiger partial charge in [0.15, 0.2) is 0 Å². The summed E-state index contributed by atoms with van der Waals surface area (Å²) in [6.07, 6.45) is 0. The van der Waals surface area contributed by atoms with Crippen molar-refractivity contribution >= 4 is 11.6 Å². The van der Waals surface area contributed by atoms with E-state index in [1.165, 1.54) is 29.2 Å². The van der Waals surface area contributed by atoms with Gasteiger partial charge in [-0.1, -0.05) is 0 Å². The minimum atomic E-state index is -0.524. The second-order valence-corrected chi connectivity index (χ2v) is 3.99. The van der Waals surface area contributed by atoms with E-state index >= 15 is 0 Å². The Hall–Kier alpha value is -2.42. The molecule has 94 valence electrons. The molecule has 0 aliphatic carbocycles. The number of carbonyl (C=O) groups excluding carboxylic acids is 1. The summed E-state index contributed by atoms with van der Waals surface area (Å²) < 4.78 is 0. The Morgan fingerprint density at radius 2 is 2.00 bits per heavy atom. The van der Waals surface area contributed by atoms with Crippen LogP contribution in [0.5, 0.6) is 0 Å². The number of nitrogens with zero attached hydrogens (tertiary/aromatic N) is 3. The van der Waals surface area contributed by atoms with Crippen molar-refractivity contribution in [3.63, 3.8) is 0 Å². The quantitative estimate of drug-likeness (QED) is 0.462. The maximum absolute atomic E-state index is 12.1. The van der Waals surface area contributed by atoms with Gasteiger partial charge in [-0.15, -0.1) is 0 Å². The average Bonchev–Trinajstić information content (AvgIpc) is 2.35. The predicted octanol–water partition coefficient (Wildman–Crippen LogP) is 1.97. The number of hydrogen-bond acceptors (Lipinski definition) is 4. The molecule has 0 fully saturated rings. The van der Waals surface area contributed by atoms with E-state index in [0.717, 1.165) is 0 Å². The Kier molecular flexibility index (Phi) is 4.38. The first-order valence-corrected chi connectivity index (χ1v) is 5.39. The van der Waals surface area contributed by atoms with Crippen LogP contribution in [0.25, 0.3) is 0 Å². The molecule has 0 aromatic heterocycles. The number of benzene rings is 1. The first kappa shape index (κ1) is 13.6. The lowest BCUT2D eigenvalue weighted by atomic mass is 10.1. The van der Waals surface area contributed by atoms with Crippen molar-refractivity contribution in [3.8, 4) is 6.07 Å². The molecular weight excluding hydrogens is 234 g/mol. The number of non-ortho nitro benzene ring substituents is 1. The Bertz CT molecular complexity index is 488. The van der Waals surface area contributed by atoms with E-state index in [9.17, 15) is 14.9 Å². The van der Waals surface area contributed by atoms with E-state index in [1.54, 1.807) is 13.8 Å². The highest BCUT2D eigenvalue weighted by Crippen LogP contribution is 2.14. The van der Waals surface area contributed by atoms with Crippen LogP contribution in [0.3, 0.4) is 0 Å². The van der Waals surface area contributed by atoms with Gasteiger partial charge in [0.1, 0.15) is 6.54 Å². The highest BCUT2D eigenvalue weighted by molar-refractivity contribution is 5.94. The first-order chi connectivity index (χ1) is 8.47. The maximum Gasteiger partial charge on any atom is 0.269 e. The summed E-state index contributed by atoms with van der Waals surface area (Å²) >= 11 is 0. The van der Waals surface area contributed by atoms with Gasteiger partial charge in [0.2, 0.25) is 0 Å². The molecule has 1 amide bonds. The molecule has 0 N–H and O–H groups in total. The molecule has 0 aliphatic heterocycles. The zero-order chi connectivity index (χ0) is 13.7. The van der Waals surface area contributed by atoms with Crippen LogP contribution in [0.1, 0.15) is 24.2 Å². The number of amides is 1. The van der Waals surface area contributed by atoms with Crippen LogP contribution in [0.15, 0.2) is 24.3 Å². The second kappa shape index (κ2) is 5.77. The minimum absolute atomic E-state index is 0.00646. The average molecular weight is 247 g/mol. The highest BCUT2D eigenvalue weighted by atomic mass is 16.6. The van der Waals surface area contributed by atoms with Crippen LogP contribution >= 0.6 is 0 Å². The van der Waals surface area contributed by atoms with E-state index in [2.05, 4.69) is 0 Å². The Morgan fingerprint density at radius 3 is 2.39 bits per heavy atom. The van der Waals surface area contributed by atoms with Crippen molar-refractivity contribution in [2.45, 2.75) is 19.9 Å². The van der Waals surface area contributed by atoms with E-state index in [4.69, 9.17) is 5.26 Å². The molecule has 1 rings (SSSR count). The van der Waals surface area contributed by atoms with Crippen LogP contribution in [0.4, 0.5) is 5.69 Å². The molecule has 6 heteroatoms. The molecule has 0 atom stereocenters. The molecular formula is C12H13N3O3. The van der Waals surface area contributed by atoms with Crippen molar-refractivity contribution in [1.29, 1.82) is 5.26 Å². The van der Waals surface area contributed by atoms with Crippen LogP contribution in [0.2, 0.25) is 0 Å². The lowest BCUT2D eigenvalue weighted by Crippen LogP contribution is -2.37. The number of rotatable bonds is 4. The molecule has 0 radical (unpaired) electrons. The van der Waals surface area contributed by atoms with E-state index in [1.807, 2.05) is 6.07 Å². The summed E-state index contributed by atoms with van der Waals surface area (Å²) in [6, 6.07) is 7.17. The number of nitro groups is 1. The highest BCUT2D eigenvalue weighted by Gasteiger charge is 2.19. The van der Waals surface area contributed by atoms with Crippen LogP contribution < -0.4 is 0 Å². The fourth-order valence-corrected chi connectivity index (χ4v) is 1.46. The molecule has 0 heterocycles. The second-order valence-electron chi connectivity index (χ2n) is 3.99. The largest absolute Gasteiger partial charge is 0.323 e. The van der Waals surface area contributed by atoms with E-state index in [0.29, 0.717) is 5.56 Å². The van der Waals surface area contributed by atoms with Crippen molar-refractivity contribution in [2.24, 2.45) is 0 Å². The summed E-state index contributed by atoms with van der Waals surface area (Å²) in [5.74, 6) is -0.304. The molecule has 1 aromatic carbocycles. The number of nitro benzene ring substituents is 1. The lowest BCUT2D eigenvalue weighted by Gasteiger charge is -2.23. The van der Waals surface area contributed by atoms with Gasteiger partial charge in [-0.3, -0.25) is 14.9 Å². The van der Waals surface area contributed by atoms with Crippen molar-refractivity contribution in [3.05, 3.63) is 39.9 Å². The minimum Gasteiger partial charge on any atom is -0.323 e. The van der Waals surface area contributed by atoms with Gasteiger partial charge in [-0.05, 0) is 26.0 Å². The fraction of sp³-hybridized carbons (Fsp3) is 0.333. The molecule has 0 bridgehead atoms. The smallest absolute Gasteiger partial charge is 0.269 e. The predicted molar refractivity (Wildman–Crippen MR) is 64.9 cm³/mol. The Morgan fingerprint density at radius 1 is 1.44 bits per heavy atom. The normalized spacial score (nSPS) is 9.89. The van der Waals surface area contributed by atoms with Gasteiger partial charge in [0, 0.05) is 23.7 Å². The van der Waals surface area contributed by atoms with Gasteiger partial charge in [0.05, 0.1) is 11.0 Å². The maximum atomic E-state index is 12.1.